The molecule has 2 aliphatic rings. The molecule has 1 aromatic carbocycles. The van der Waals surface area contributed by atoms with E-state index in [9.17, 15) is 18.7 Å². The fourth-order valence-corrected chi connectivity index (χ4v) is 5.14. The molecule has 1 aliphatic carbocycles. The van der Waals surface area contributed by atoms with Crippen LogP contribution in [0.5, 0.6) is 0 Å². The van der Waals surface area contributed by atoms with Crippen LogP contribution >= 0.6 is 11.6 Å². The van der Waals surface area contributed by atoms with Crippen molar-refractivity contribution in [3.8, 4) is 0 Å². The lowest BCUT2D eigenvalue weighted by Crippen LogP contribution is -2.66. The highest BCUT2D eigenvalue weighted by Crippen LogP contribution is 2.57. The Balaban J connectivity index is 1.38. The van der Waals surface area contributed by atoms with Crippen LogP contribution in [-0.2, 0) is 13.6 Å². The number of alkyl halides is 2. The molecule has 0 amide bonds. The Hall–Kier alpha value is -2.72. The van der Waals surface area contributed by atoms with Gasteiger partial charge in [-0.15, -0.1) is 0 Å². The number of hydrogen-bond acceptors (Lipinski definition) is 6. The molecule has 3 aromatic rings. The predicted molar refractivity (Wildman–Crippen MR) is 127 cm³/mol. The Bertz CT molecular complexity index is 1310. The molecule has 0 unspecified atom stereocenters. The summed E-state index contributed by atoms with van der Waals surface area (Å²) >= 11 is 6.33. The van der Waals surface area contributed by atoms with Gasteiger partial charge in [-0.05, 0) is 38.5 Å². The summed E-state index contributed by atoms with van der Waals surface area (Å²) in [5.74, 6) is -1.72. The van der Waals surface area contributed by atoms with Crippen LogP contribution in [0, 0.1) is 5.41 Å². The fraction of sp³-hybridized carbons (Fsp3) is 0.522. The van der Waals surface area contributed by atoms with Gasteiger partial charge in [-0.25, -0.2) is 18.6 Å². The number of nitrogens with zero attached hydrogens (tertiary/aromatic N) is 5. The third kappa shape index (κ3) is 4.13. The summed E-state index contributed by atoms with van der Waals surface area (Å²) in [6, 6.07) is 5.51. The van der Waals surface area contributed by atoms with Gasteiger partial charge in [-0.1, -0.05) is 11.6 Å². The molecule has 0 bridgehead atoms. The monoisotopic (exact) mass is 492 g/mol. The van der Waals surface area contributed by atoms with Crippen LogP contribution in [0.3, 0.4) is 0 Å². The van der Waals surface area contributed by atoms with E-state index in [1.165, 1.54) is 6.20 Å². The summed E-state index contributed by atoms with van der Waals surface area (Å²) in [7, 11) is 1.71. The highest BCUT2D eigenvalue weighted by molar-refractivity contribution is 6.32. The number of rotatable bonds is 6. The van der Waals surface area contributed by atoms with Crippen LogP contribution in [0.4, 0.5) is 26.2 Å². The van der Waals surface area contributed by atoms with E-state index in [0.717, 1.165) is 11.0 Å². The normalized spacial score (nSPS) is 18.7. The largest absolute Gasteiger partial charge is 0.390 e. The van der Waals surface area contributed by atoms with Crippen LogP contribution in [0.15, 0.2) is 29.2 Å². The van der Waals surface area contributed by atoms with Crippen LogP contribution in [0.2, 0.25) is 5.02 Å². The maximum absolute atomic E-state index is 13.3. The minimum atomic E-state index is -2.55. The molecule has 34 heavy (non-hydrogen) atoms. The van der Waals surface area contributed by atoms with Gasteiger partial charge in [0, 0.05) is 50.6 Å². The van der Waals surface area contributed by atoms with Gasteiger partial charge in [0.05, 0.1) is 22.8 Å². The first kappa shape index (κ1) is 23.0. The minimum absolute atomic E-state index is 0.0819. The van der Waals surface area contributed by atoms with Crippen molar-refractivity contribution < 1.29 is 13.9 Å². The molecule has 1 saturated carbocycles. The van der Waals surface area contributed by atoms with Crippen molar-refractivity contribution in [1.82, 2.24) is 19.1 Å². The summed E-state index contributed by atoms with van der Waals surface area (Å²) in [6.07, 6.45) is 1.75. The van der Waals surface area contributed by atoms with Crippen molar-refractivity contribution in [3.05, 3.63) is 39.9 Å². The second-order valence-corrected chi connectivity index (χ2v) is 10.7. The molecule has 0 radical (unpaired) electrons. The lowest BCUT2D eigenvalue weighted by molar-refractivity contribution is -0.170. The number of fused-ring (bicyclic) bond motifs is 1. The molecule has 2 aromatic heterocycles. The van der Waals surface area contributed by atoms with E-state index in [-0.39, 0.29) is 23.9 Å². The van der Waals surface area contributed by atoms with Crippen LogP contribution < -0.4 is 15.9 Å². The average molecular weight is 493 g/mol. The van der Waals surface area contributed by atoms with Crippen LogP contribution in [-0.4, -0.2) is 48.8 Å². The molecule has 2 N–H and O–H groups in total. The van der Waals surface area contributed by atoms with Crippen molar-refractivity contribution in [1.29, 1.82) is 0 Å². The van der Waals surface area contributed by atoms with E-state index in [2.05, 4.69) is 15.3 Å². The number of hydrogen-bond donors (Lipinski definition) is 2. The van der Waals surface area contributed by atoms with E-state index < -0.39 is 11.5 Å². The number of anilines is 3. The molecule has 5 rings (SSSR count). The highest BCUT2D eigenvalue weighted by Gasteiger charge is 2.62. The lowest BCUT2D eigenvalue weighted by Gasteiger charge is -2.58. The van der Waals surface area contributed by atoms with Crippen LogP contribution in [0.25, 0.3) is 11.0 Å². The SMILES string of the molecule is Cn1c(=O)n(CCC(C)(C)O)c2cc(Nc3nc(N4CC5(C4)CC(F)(F)C5)ncc3Cl)ccc21. The Morgan fingerprint density at radius 2 is 1.94 bits per heavy atom. The third-order valence-corrected chi connectivity index (χ3v) is 6.97. The Morgan fingerprint density at radius 3 is 2.59 bits per heavy atom. The molecule has 11 heteroatoms. The van der Waals surface area contributed by atoms with E-state index in [1.54, 1.807) is 30.0 Å². The maximum atomic E-state index is 13.3. The Morgan fingerprint density at radius 1 is 1.24 bits per heavy atom. The molecule has 1 saturated heterocycles. The topological polar surface area (TPSA) is 88.2 Å². The van der Waals surface area contributed by atoms with Gasteiger partial charge in [0.25, 0.3) is 0 Å². The number of aryl methyl sites for hydroxylation is 2. The first-order valence-electron chi connectivity index (χ1n) is 11.2. The minimum Gasteiger partial charge on any atom is -0.390 e. The van der Waals surface area contributed by atoms with Gasteiger partial charge >= 0.3 is 5.69 Å². The molecule has 1 aliphatic heterocycles. The summed E-state index contributed by atoms with van der Waals surface area (Å²) in [5, 5.41) is 13.6. The van der Waals surface area contributed by atoms with E-state index in [4.69, 9.17) is 11.6 Å². The zero-order chi connectivity index (χ0) is 24.5. The zero-order valence-electron chi connectivity index (χ0n) is 19.3. The quantitative estimate of drug-likeness (QED) is 0.542. The number of imidazole rings is 1. The molecule has 2 fully saturated rings. The number of aliphatic hydroxyl groups is 1. The smallest absolute Gasteiger partial charge is 0.328 e. The van der Waals surface area contributed by atoms with Crippen molar-refractivity contribution in [3.63, 3.8) is 0 Å². The van der Waals surface area contributed by atoms with E-state index in [1.807, 2.05) is 23.1 Å². The maximum Gasteiger partial charge on any atom is 0.328 e. The molecule has 3 heterocycles. The first-order chi connectivity index (χ1) is 15.8. The zero-order valence-corrected chi connectivity index (χ0v) is 20.0. The fourth-order valence-electron chi connectivity index (χ4n) is 5.00. The Labute approximate surface area is 200 Å². The second kappa shape index (κ2) is 7.64. The van der Waals surface area contributed by atoms with Gasteiger partial charge < -0.3 is 15.3 Å². The molecule has 0 atom stereocenters. The average Bonchev–Trinajstić information content (AvgIpc) is 2.93. The van der Waals surface area contributed by atoms with E-state index >= 15 is 0 Å². The number of halogens is 3. The lowest BCUT2D eigenvalue weighted by atomic mass is 9.61. The highest BCUT2D eigenvalue weighted by atomic mass is 35.5. The van der Waals surface area contributed by atoms with Gasteiger partial charge in [0.15, 0.2) is 5.82 Å². The number of benzene rings is 1. The van der Waals surface area contributed by atoms with E-state index in [0.29, 0.717) is 48.5 Å². The number of aromatic nitrogens is 4. The number of nitrogens with one attached hydrogen (secondary N) is 1. The predicted octanol–water partition coefficient (Wildman–Crippen LogP) is 3.92. The van der Waals surface area contributed by atoms with Crippen LogP contribution in [0.1, 0.15) is 33.1 Å². The first-order valence-corrected chi connectivity index (χ1v) is 11.6. The van der Waals surface area contributed by atoms with Crippen molar-refractivity contribution in [2.75, 3.05) is 23.3 Å². The van der Waals surface area contributed by atoms with Crippen molar-refractivity contribution in [2.45, 2.75) is 51.2 Å². The van der Waals surface area contributed by atoms with Gasteiger partial charge in [-0.3, -0.25) is 9.13 Å². The van der Waals surface area contributed by atoms with Gasteiger partial charge in [0.2, 0.25) is 11.9 Å². The third-order valence-electron chi connectivity index (χ3n) is 6.69. The van der Waals surface area contributed by atoms with Crippen molar-refractivity contribution in [2.24, 2.45) is 12.5 Å². The second-order valence-electron chi connectivity index (χ2n) is 10.3. The summed E-state index contributed by atoms with van der Waals surface area (Å²) in [5.41, 5.74) is 0.789. The Kier molecular flexibility index (Phi) is 5.18. The molecule has 1 spiro atoms. The van der Waals surface area contributed by atoms with Gasteiger partial charge in [0.1, 0.15) is 5.02 Å². The molecule has 182 valence electrons. The summed E-state index contributed by atoms with van der Waals surface area (Å²) in [6.45, 7) is 4.81. The van der Waals surface area contributed by atoms with Crippen molar-refractivity contribution >= 4 is 40.1 Å². The molecule has 8 nitrogen and oxygen atoms in total. The molecular formula is C23H27ClF2N6O2. The summed E-state index contributed by atoms with van der Waals surface area (Å²) < 4.78 is 29.8. The standard InChI is InChI=1S/C23H27ClF2N6O2/c1-21(2,34)6-7-32-17-8-14(4-5-16(17)30(3)20(32)33)28-18-15(24)9-27-19(29-18)31-12-22(13-31)10-23(25,26)11-22/h4-5,8-9,34H,6-7,10-13H2,1-3H3,(H,27,28,29). The summed E-state index contributed by atoms with van der Waals surface area (Å²) in [4.78, 5) is 23.4. The molecular weight excluding hydrogens is 466 g/mol. The van der Waals surface area contributed by atoms with Gasteiger partial charge in [-0.2, -0.15) is 4.98 Å².